The van der Waals surface area contributed by atoms with Crippen molar-refractivity contribution < 1.29 is 26.3 Å². The maximum Gasteiger partial charge on any atom is 0.418 e. The van der Waals surface area contributed by atoms with Crippen LogP contribution < -0.4 is 5.32 Å². The van der Waals surface area contributed by atoms with Gasteiger partial charge in [-0.2, -0.15) is 26.3 Å². The molecule has 6 nitrogen and oxygen atoms in total. The van der Waals surface area contributed by atoms with Crippen LogP contribution in [0.1, 0.15) is 23.7 Å². The van der Waals surface area contributed by atoms with Crippen LogP contribution in [0.3, 0.4) is 0 Å². The first-order valence-corrected chi connectivity index (χ1v) is 11.4. The number of nitrogens with one attached hydrogen (secondary N) is 1. The van der Waals surface area contributed by atoms with Gasteiger partial charge in [-0.05, 0) is 49.0 Å². The molecule has 4 aromatic rings. The fraction of sp³-hybridized carbons (Fsp3) is 0.250. The smallest absolute Gasteiger partial charge is 0.340 e. The fourth-order valence-electron chi connectivity index (χ4n) is 3.55. The lowest BCUT2D eigenvalue weighted by Crippen LogP contribution is -2.21. The second kappa shape index (κ2) is 10.5. The zero-order chi connectivity index (χ0) is 26.8. The van der Waals surface area contributed by atoms with Crippen LogP contribution in [0.25, 0.3) is 22.4 Å². The fourth-order valence-corrected chi connectivity index (χ4v) is 3.81. The van der Waals surface area contributed by atoms with Gasteiger partial charge in [0.15, 0.2) is 5.65 Å². The summed E-state index contributed by atoms with van der Waals surface area (Å²) in [4.78, 5) is 18.4. The average Bonchev–Trinajstić information content (AvgIpc) is 2.86. The summed E-state index contributed by atoms with van der Waals surface area (Å²) < 4.78 is 79.4. The molecule has 4 aromatic heterocycles. The molecule has 0 aliphatic rings. The van der Waals surface area contributed by atoms with Crippen molar-refractivity contribution in [2.45, 2.75) is 25.8 Å². The number of anilines is 2. The number of pyridine rings is 4. The molecule has 0 aliphatic heterocycles. The minimum atomic E-state index is -4.64. The van der Waals surface area contributed by atoms with Crippen molar-refractivity contribution in [1.29, 1.82) is 0 Å². The molecule has 194 valence electrons. The van der Waals surface area contributed by atoms with E-state index in [1.54, 1.807) is 6.07 Å². The van der Waals surface area contributed by atoms with Crippen molar-refractivity contribution in [2.75, 3.05) is 17.9 Å². The molecule has 0 radical (unpaired) electrons. The molecule has 4 rings (SSSR count). The summed E-state index contributed by atoms with van der Waals surface area (Å²) in [7, 11) is 0. The number of hydrogen-bond donors (Lipinski definition) is 1. The van der Waals surface area contributed by atoms with Crippen LogP contribution in [0.15, 0.2) is 54.9 Å². The van der Waals surface area contributed by atoms with Gasteiger partial charge in [-0.15, -0.1) is 11.6 Å². The van der Waals surface area contributed by atoms with Crippen molar-refractivity contribution in [3.63, 3.8) is 0 Å². The molecule has 0 spiro atoms. The maximum atomic E-state index is 13.6. The predicted molar refractivity (Wildman–Crippen MR) is 127 cm³/mol. The van der Waals surface area contributed by atoms with E-state index in [-0.39, 0.29) is 28.9 Å². The average molecular weight is 541 g/mol. The minimum Gasteiger partial charge on any atom is -0.340 e. The number of halogens is 7. The Balaban J connectivity index is 1.81. The summed E-state index contributed by atoms with van der Waals surface area (Å²) in [6.07, 6.45) is -7.23. The molecule has 1 N–H and O–H groups in total. The van der Waals surface area contributed by atoms with E-state index in [9.17, 15) is 26.3 Å². The Morgan fingerprint density at radius 3 is 2.35 bits per heavy atom. The number of nitrogens with zero attached hydrogens (tertiary/aromatic N) is 5. The summed E-state index contributed by atoms with van der Waals surface area (Å²) >= 11 is 5.97. The Kier molecular flexibility index (Phi) is 7.51. The van der Waals surface area contributed by atoms with E-state index in [1.807, 2.05) is 11.8 Å². The molecule has 4 heterocycles. The third kappa shape index (κ3) is 6.08. The standard InChI is InChI=1S/C24H19ClF6N6/c1-2-37(13-25)12-15-10-19(35-20-8-5-14(11-33-20)23(26,27)28)16-6-7-18(36-22(16)34-15)21-17(24(29,30)31)4-3-9-32-21/h3-11H,2,12-13H2,1H3,(H,33,34,35,36). The number of aromatic nitrogens is 4. The topological polar surface area (TPSA) is 66.8 Å². The van der Waals surface area contributed by atoms with Gasteiger partial charge >= 0.3 is 12.4 Å². The zero-order valence-electron chi connectivity index (χ0n) is 19.2. The van der Waals surface area contributed by atoms with E-state index in [0.717, 1.165) is 12.1 Å². The number of alkyl halides is 7. The molecule has 0 aromatic carbocycles. The second-order valence-electron chi connectivity index (χ2n) is 7.95. The predicted octanol–water partition coefficient (Wildman–Crippen LogP) is 6.89. The van der Waals surface area contributed by atoms with Crippen LogP contribution in [0.2, 0.25) is 0 Å². The third-order valence-corrected chi connectivity index (χ3v) is 5.77. The lowest BCUT2D eigenvalue weighted by Gasteiger charge is -2.18. The third-order valence-electron chi connectivity index (χ3n) is 5.44. The number of fused-ring (bicyclic) bond motifs is 1. The van der Waals surface area contributed by atoms with E-state index in [0.29, 0.717) is 36.1 Å². The van der Waals surface area contributed by atoms with E-state index < -0.39 is 23.5 Å². The highest BCUT2D eigenvalue weighted by atomic mass is 35.5. The van der Waals surface area contributed by atoms with Gasteiger partial charge in [-0.25, -0.2) is 15.0 Å². The molecule has 0 bridgehead atoms. The van der Waals surface area contributed by atoms with Gasteiger partial charge in [0.05, 0.1) is 34.2 Å². The summed E-state index contributed by atoms with van der Waals surface area (Å²) in [6.45, 7) is 2.79. The molecule has 0 amide bonds. The first-order chi connectivity index (χ1) is 17.5. The lowest BCUT2D eigenvalue weighted by atomic mass is 10.1. The van der Waals surface area contributed by atoms with Crippen molar-refractivity contribution in [2.24, 2.45) is 0 Å². The molecule has 13 heteroatoms. The van der Waals surface area contributed by atoms with E-state index >= 15 is 0 Å². The largest absolute Gasteiger partial charge is 0.418 e. The van der Waals surface area contributed by atoms with Crippen LogP contribution >= 0.6 is 11.6 Å². The monoisotopic (exact) mass is 540 g/mol. The molecule has 0 aliphatic carbocycles. The highest BCUT2D eigenvalue weighted by molar-refractivity contribution is 6.17. The summed E-state index contributed by atoms with van der Waals surface area (Å²) in [5.74, 6) is 0.129. The van der Waals surface area contributed by atoms with Crippen LogP contribution in [-0.2, 0) is 18.9 Å². The minimum absolute atomic E-state index is 0.0339. The first-order valence-electron chi connectivity index (χ1n) is 10.9. The van der Waals surface area contributed by atoms with Gasteiger partial charge in [-0.1, -0.05) is 6.92 Å². The molecule has 0 fully saturated rings. The Labute approximate surface area is 212 Å². The number of rotatable bonds is 7. The maximum absolute atomic E-state index is 13.6. The van der Waals surface area contributed by atoms with Gasteiger partial charge in [-0.3, -0.25) is 9.88 Å². The van der Waals surface area contributed by atoms with Gasteiger partial charge in [0.2, 0.25) is 0 Å². The van der Waals surface area contributed by atoms with Crippen molar-refractivity contribution in [3.05, 3.63) is 71.7 Å². The van der Waals surface area contributed by atoms with Crippen LogP contribution in [0.4, 0.5) is 37.8 Å². The normalized spacial score (nSPS) is 12.4. The van der Waals surface area contributed by atoms with Crippen molar-refractivity contribution in [1.82, 2.24) is 24.8 Å². The van der Waals surface area contributed by atoms with E-state index in [2.05, 4.69) is 25.3 Å². The molecule has 0 unspecified atom stereocenters. The van der Waals surface area contributed by atoms with Crippen LogP contribution in [-0.4, -0.2) is 37.4 Å². The Morgan fingerprint density at radius 1 is 0.946 bits per heavy atom. The number of hydrogen-bond acceptors (Lipinski definition) is 6. The van der Waals surface area contributed by atoms with E-state index in [4.69, 9.17) is 11.6 Å². The highest BCUT2D eigenvalue weighted by Gasteiger charge is 2.35. The highest BCUT2D eigenvalue weighted by Crippen LogP contribution is 2.36. The summed E-state index contributed by atoms with van der Waals surface area (Å²) in [5, 5.41) is 3.39. The SMILES string of the molecule is CCN(CCl)Cc1cc(Nc2ccc(C(F)(F)F)cn2)c2ccc(-c3ncccc3C(F)(F)F)nc2n1. The molecule has 0 saturated heterocycles. The van der Waals surface area contributed by atoms with Crippen LogP contribution in [0, 0.1) is 0 Å². The Hall–Kier alpha value is -3.51. The van der Waals surface area contributed by atoms with Crippen molar-refractivity contribution in [3.8, 4) is 11.4 Å². The second-order valence-corrected chi connectivity index (χ2v) is 8.18. The van der Waals surface area contributed by atoms with Crippen LogP contribution in [0.5, 0.6) is 0 Å². The van der Waals surface area contributed by atoms with Gasteiger partial charge in [0.25, 0.3) is 0 Å². The summed E-state index contributed by atoms with van der Waals surface area (Å²) in [6, 6.07) is 8.95. The Bertz CT molecular complexity index is 1390. The Morgan fingerprint density at radius 2 is 1.73 bits per heavy atom. The zero-order valence-corrected chi connectivity index (χ0v) is 20.0. The van der Waals surface area contributed by atoms with E-state index in [1.165, 1.54) is 30.5 Å². The van der Waals surface area contributed by atoms with Gasteiger partial charge in [0, 0.05) is 24.3 Å². The first kappa shape index (κ1) is 26.6. The van der Waals surface area contributed by atoms with Gasteiger partial charge < -0.3 is 5.32 Å². The van der Waals surface area contributed by atoms with Gasteiger partial charge in [0.1, 0.15) is 11.5 Å². The molecule has 0 atom stereocenters. The van der Waals surface area contributed by atoms with Crippen molar-refractivity contribution >= 4 is 34.1 Å². The quantitative estimate of drug-likeness (QED) is 0.156. The molecular formula is C24H19ClF6N6. The summed E-state index contributed by atoms with van der Waals surface area (Å²) in [5.41, 5.74) is -1.20. The molecule has 37 heavy (non-hydrogen) atoms. The molecular weight excluding hydrogens is 522 g/mol. The molecule has 0 saturated carbocycles. The lowest BCUT2D eigenvalue weighted by molar-refractivity contribution is -0.138.